The number of hydrogen-bond acceptors (Lipinski definition) is 6. The summed E-state index contributed by atoms with van der Waals surface area (Å²) in [5, 5.41) is 9.75. The minimum absolute atomic E-state index is 0.234. The average molecular weight is 319 g/mol. The molecule has 0 saturated carbocycles. The fraction of sp³-hybridized carbons (Fsp3) is 0.400. The molecule has 122 valence electrons. The fourth-order valence-electron chi connectivity index (χ4n) is 2.53. The summed E-state index contributed by atoms with van der Waals surface area (Å²) < 4.78 is 12.4. The van der Waals surface area contributed by atoms with Crippen molar-refractivity contribution in [2.24, 2.45) is 0 Å². The van der Waals surface area contributed by atoms with E-state index < -0.39 is 17.3 Å². The number of fused-ring (bicyclic) bond motifs is 1. The van der Waals surface area contributed by atoms with Gasteiger partial charge in [0.25, 0.3) is 5.56 Å². The highest BCUT2D eigenvalue weighted by atomic mass is 16.7. The maximum Gasteiger partial charge on any atom is 0.341 e. The first-order chi connectivity index (χ1) is 10.9. The summed E-state index contributed by atoms with van der Waals surface area (Å²) >= 11 is 0. The highest BCUT2D eigenvalue weighted by Crippen LogP contribution is 2.22. The number of hydrogen-bond donors (Lipinski definition) is 2. The maximum atomic E-state index is 12.4. The Bertz CT molecular complexity index is 814. The molecule has 1 saturated heterocycles. The minimum Gasteiger partial charge on any atom is -0.477 e. The lowest BCUT2D eigenvalue weighted by Gasteiger charge is -2.19. The minimum atomic E-state index is -1.28. The number of carboxylic acids is 1. The van der Waals surface area contributed by atoms with E-state index in [1.165, 1.54) is 16.9 Å². The molecule has 0 radical (unpaired) electrons. The quantitative estimate of drug-likeness (QED) is 0.858. The Morgan fingerprint density at radius 3 is 3.00 bits per heavy atom. The molecule has 23 heavy (non-hydrogen) atoms. The third kappa shape index (κ3) is 3.03. The van der Waals surface area contributed by atoms with Crippen LogP contribution in [0.5, 0.6) is 0 Å². The molecule has 1 atom stereocenters. The van der Waals surface area contributed by atoms with Crippen LogP contribution in [0.3, 0.4) is 0 Å². The van der Waals surface area contributed by atoms with Crippen molar-refractivity contribution in [3.8, 4) is 0 Å². The summed E-state index contributed by atoms with van der Waals surface area (Å²) in [5.74, 6) is -1.94. The van der Waals surface area contributed by atoms with Crippen molar-refractivity contribution in [1.29, 1.82) is 0 Å². The number of pyridine rings is 2. The van der Waals surface area contributed by atoms with Crippen molar-refractivity contribution >= 4 is 16.9 Å². The molecule has 2 aromatic heterocycles. The number of aromatic nitrogens is 2. The third-order valence-electron chi connectivity index (χ3n) is 3.58. The van der Waals surface area contributed by atoms with E-state index in [1.54, 1.807) is 12.3 Å². The Hall–Kier alpha value is -2.45. The van der Waals surface area contributed by atoms with E-state index in [0.717, 1.165) is 0 Å². The largest absolute Gasteiger partial charge is 0.477 e. The second kappa shape index (κ2) is 5.64. The van der Waals surface area contributed by atoms with Gasteiger partial charge in [0.05, 0.1) is 18.7 Å². The Morgan fingerprint density at radius 1 is 1.57 bits per heavy atom. The molecule has 1 unspecified atom stereocenters. The standard InChI is InChI=1S/C15H17N3O5/c1-15(2)22-8-10(23-15)7-17-18-12-3-4-16-6-9(12)5-11(13(18)19)14(20)21/h3-6,10,17H,7-8H2,1-2H3,(H,20,21). The summed E-state index contributed by atoms with van der Waals surface area (Å²) in [6.45, 7) is 4.33. The first-order valence-corrected chi connectivity index (χ1v) is 7.16. The summed E-state index contributed by atoms with van der Waals surface area (Å²) in [5.41, 5.74) is 2.54. The van der Waals surface area contributed by atoms with Gasteiger partial charge in [-0.3, -0.25) is 9.78 Å². The molecule has 8 nitrogen and oxygen atoms in total. The van der Waals surface area contributed by atoms with Crippen LogP contribution in [0, 0.1) is 0 Å². The normalized spacial score (nSPS) is 19.8. The van der Waals surface area contributed by atoms with Gasteiger partial charge in [0, 0.05) is 17.8 Å². The zero-order valence-corrected chi connectivity index (χ0v) is 12.8. The smallest absolute Gasteiger partial charge is 0.341 e. The van der Waals surface area contributed by atoms with Crippen molar-refractivity contribution in [1.82, 2.24) is 9.66 Å². The van der Waals surface area contributed by atoms with Crippen LogP contribution in [-0.4, -0.2) is 45.8 Å². The molecular formula is C15H17N3O5. The number of nitrogens with one attached hydrogen (secondary N) is 1. The van der Waals surface area contributed by atoms with Crippen LogP contribution in [0.2, 0.25) is 0 Å². The van der Waals surface area contributed by atoms with Gasteiger partial charge in [0.15, 0.2) is 5.79 Å². The molecule has 2 aromatic rings. The van der Waals surface area contributed by atoms with Gasteiger partial charge < -0.3 is 20.0 Å². The summed E-state index contributed by atoms with van der Waals surface area (Å²) in [4.78, 5) is 27.6. The van der Waals surface area contributed by atoms with Gasteiger partial charge in [0.1, 0.15) is 11.7 Å². The maximum absolute atomic E-state index is 12.4. The van der Waals surface area contributed by atoms with E-state index in [2.05, 4.69) is 10.4 Å². The molecule has 1 aliphatic heterocycles. The molecule has 0 aromatic carbocycles. The van der Waals surface area contributed by atoms with Crippen LogP contribution in [0.1, 0.15) is 24.2 Å². The predicted molar refractivity (Wildman–Crippen MR) is 82.1 cm³/mol. The Kier molecular flexibility index (Phi) is 3.78. The van der Waals surface area contributed by atoms with Crippen molar-refractivity contribution in [3.63, 3.8) is 0 Å². The molecule has 1 aliphatic rings. The van der Waals surface area contributed by atoms with E-state index >= 15 is 0 Å². The molecule has 0 amide bonds. The topological polar surface area (TPSA) is 103 Å². The highest BCUT2D eigenvalue weighted by Gasteiger charge is 2.32. The first-order valence-electron chi connectivity index (χ1n) is 7.16. The van der Waals surface area contributed by atoms with Crippen LogP contribution in [-0.2, 0) is 9.47 Å². The number of carboxylic acid groups (broad SMARTS) is 1. The van der Waals surface area contributed by atoms with E-state index in [9.17, 15) is 14.7 Å². The van der Waals surface area contributed by atoms with Crippen molar-refractivity contribution in [2.45, 2.75) is 25.7 Å². The number of carbonyl (C=O) groups is 1. The molecule has 1 fully saturated rings. The predicted octanol–water partition coefficient (Wildman–Crippen LogP) is 0.790. The molecule has 3 heterocycles. The van der Waals surface area contributed by atoms with Crippen LogP contribution in [0.4, 0.5) is 0 Å². The summed E-state index contributed by atoms with van der Waals surface area (Å²) in [6, 6.07) is 2.97. The third-order valence-corrected chi connectivity index (χ3v) is 3.58. The summed E-state index contributed by atoms with van der Waals surface area (Å²) in [6.07, 6.45) is 2.82. The number of nitrogens with zero attached hydrogens (tertiary/aromatic N) is 2. The second-order valence-electron chi connectivity index (χ2n) is 5.75. The lowest BCUT2D eigenvalue weighted by atomic mass is 10.2. The highest BCUT2D eigenvalue weighted by molar-refractivity contribution is 5.92. The van der Waals surface area contributed by atoms with E-state index in [0.29, 0.717) is 24.1 Å². The van der Waals surface area contributed by atoms with Crippen molar-refractivity contribution < 1.29 is 19.4 Å². The molecule has 0 aliphatic carbocycles. The van der Waals surface area contributed by atoms with E-state index in [4.69, 9.17) is 9.47 Å². The number of ether oxygens (including phenoxy) is 2. The van der Waals surface area contributed by atoms with E-state index in [1.807, 2.05) is 13.8 Å². The van der Waals surface area contributed by atoms with Crippen LogP contribution < -0.4 is 11.0 Å². The molecule has 0 spiro atoms. The molecular weight excluding hydrogens is 302 g/mol. The molecule has 8 heteroatoms. The van der Waals surface area contributed by atoms with Gasteiger partial charge >= 0.3 is 5.97 Å². The van der Waals surface area contributed by atoms with Gasteiger partial charge in [-0.05, 0) is 26.0 Å². The van der Waals surface area contributed by atoms with Crippen molar-refractivity contribution in [3.05, 3.63) is 40.4 Å². The fourth-order valence-corrected chi connectivity index (χ4v) is 2.53. The molecule has 3 rings (SSSR count). The molecule has 0 bridgehead atoms. The Morgan fingerprint density at radius 2 is 2.35 bits per heavy atom. The number of aromatic carboxylic acids is 1. The Balaban J connectivity index is 1.94. The summed E-state index contributed by atoms with van der Waals surface area (Å²) in [7, 11) is 0. The van der Waals surface area contributed by atoms with Crippen LogP contribution in [0.25, 0.3) is 10.9 Å². The van der Waals surface area contributed by atoms with Gasteiger partial charge in [0.2, 0.25) is 0 Å². The SMILES string of the molecule is CC1(C)OCC(CNn2c(=O)c(C(=O)O)cc3cnccc32)O1. The van der Waals surface area contributed by atoms with Gasteiger partial charge in [-0.1, -0.05) is 0 Å². The monoisotopic (exact) mass is 319 g/mol. The average Bonchev–Trinajstić information content (AvgIpc) is 2.85. The van der Waals surface area contributed by atoms with Gasteiger partial charge in [-0.2, -0.15) is 0 Å². The Labute approximate surface area is 131 Å². The number of rotatable bonds is 4. The van der Waals surface area contributed by atoms with Gasteiger partial charge in [-0.15, -0.1) is 0 Å². The van der Waals surface area contributed by atoms with Gasteiger partial charge in [-0.25, -0.2) is 9.47 Å². The van der Waals surface area contributed by atoms with Crippen molar-refractivity contribution in [2.75, 3.05) is 18.6 Å². The zero-order chi connectivity index (χ0) is 16.6. The van der Waals surface area contributed by atoms with Crippen LogP contribution in [0.15, 0.2) is 29.3 Å². The van der Waals surface area contributed by atoms with Crippen LogP contribution >= 0.6 is 0 Å². The molecule has 2 N–H and O–H groups in total. The lowest BCUT2D eigenvalue weighted by Crippen LogP contribution is -2.37. The first kappa shape index (κ1) is 15.4. The zero-order valence-electron chi connectivity index (χ0n) is 12.8. The second-order valence-corrected chi connectivity index (χ2v) is 5.75. The lowest BCUT2D eigenvalue weighted by molar-refractivity contribution is -0.136. The van der Waals surface area contributed by atoms with E-state index in [-0.39, 0.29) is 11.7 Å².